The first-order valence-corrected chi connectivity index (χ1v) is 7.41. The molecule has 0 aliphatic carbocycles. The van der Waals surface area contributed by atoms with Crippen molar-refractivity contribution in [3.63, 3.8) is 0 Å². The standard InChI is InChI=1S/C15H25N5/c1-5-7-16-9-14-10-19(18-13(14)4)11-15-8-12(3)17-20(15)6-2/h8,10,16H,5-7,9,11H2,1-4H3. The molecule has 0 amide bonds. The highest BCUT2D eigenvalue weighted by atomic mass is 15.3. The van der Waals surface area contributed by atoms with Gasteiger partial charge in [-0.1, -0.05) is 6.92 Å². The third-order valence-corrected chi connectivity index (χ3v) is 3.40. The Morgan fingerprint density at radius 3 is 2.70 bits per heavy atom. The summed E-state index contributed by atoms with van der Waals surface area (Å²) in [6.45, 7) is 12.0. The molecular formula is C15H25N5. The van der Waals surface area contributed by atoms with Gasteiger partial charge >= 0.3 is 0 Å². The molecule has 0 unspecified atom stereocenters. The van der Waals surface area contributed by atoms with Gasteiger partial charge < -0.3 is 5.32 Å². The monoisotopic (exact) mass is 275 g/mol. The van der Waals surface area contributed by atoms with Crippen LogP contribution in [-0.2, 0) is 19.6 Å². The number of nitrogens with one attached hydrogen (secondary N) is 1. The van der Waals surface area contributed by atoms with Crippen LogP contribution in [0.4, 0.5) is 0 Å². The Labute approximate surface area is 121 Å². The summed E-state index contributed by atoms with van der Waals surface area (Å²) < 4.78 is 4.06. The number of hydrogen-bond donors (Lipinski definition) is 1. The fourth-order valence-electron chi connectivity index (χ4n) is 2.38. The summed E-state index contributed by atoms with van der Waals surface area (Å²) >= 11 is 0. The third-order valence-electron chi connectivity index (χ3n) is 3.40. The minimum atomic E-state index is 0.781. The fraction of sp³-hybridized carbons (Fsp3) is 0.600. The zero-order chi connectivity index (χ0) is 14.5. The largest absolute Gasteiger partial charge is 0.313 e. The van der Waals surface area contributed by atoms with Crippen LogP contribution in [-0.4, -0.2) is 26.1 Å². The van der Waals surface area contributed by atoms with E-state index in [9.17, 15) is 0 Å². The summed E-state index contributed by atoms with van der Waals surface area (Å²) in [5, 5.41) is 12.5. The van der Waals surface area contributed by atoms with Crippen LogP contribution < -0.4 is 5.32 Å². The first-order valence-electron chi connectivity index (χ1n) is 7.41. The average Bonchev–Trinajstić information content (AvgIpc) is 2.93. The van der Waals surface area contributed by atoms with Crippen molar-refractivity contribution in [1.82, 2.24) is 24.9 Å². The molecule has 0 aliphatic rings. The lowest BCUT2D eigenvalue weighted by Crippen LogP contribution is -2.14. The first kappa shape index (κ1) is 14.8. The van der Waals surface area contributed by atoms with E-state index in [0.29, 0.717) is 0 Å². The van der Waals surface area contributed by atoms with Crippen molar-refractivity contribution >= 4 is 0 Å². The van der Waals surface area contributed by atoms with Gasteiger partial charge in [0.1, 0.15) is 0 Å². The Morgan fingerprint density at radius 1 is 1.20 bits per heavy atom. The maximum atomic E-state index is 4.60. The van der Waals surface area contributed by atoms with Gasteiger partial charge in [0, 0.05) is 24.8 Å². The second-order valence-electron chi connectivity index (χ2n) is 5.21. The Balaban J connectivity index is 2.07. The van der Waals surface area contributed by atoms with Crippen LogP contribution >= 0.6 is 0 Å². The second kappa shape index (κ2) is 6.70. The SMILES string of the molecule is CCCNCc1cn(Cc2cc(C)nn2CC)nc1C. The summed E-state index contributed by atoms with van der Waals surface area (Å²) in [4.78, 5) is 0. The van der Waals surface area contributed by atoms with Crippen LogP contribution in [0.15, 0.2) is 12.3 Å². The van der Waals surface area contributed by atoms with Gasteiger partial charge in [0.2, 0.25) is 0 Å². The van der Waals surface area contributed by atoms with Gasteiger partial charge in [-0.2, -0.15) is 10.2 Å². The highest BCUT2D eigenvalue weighted by Crippen LogP contribution is 2.10. The lowest BCUT2D eigenvalue weighted by molar-refractivity contribution is 0.573. The molecule has 0 radical (unpaired) electrons. The molecule has 2 aromatic rings. The lowest BCUT2D eigenvalue weighted by Gasteiger charge is -2.04. The normalized spacial score (nSPS) is 11.2. The predicted molar refractivity (Wildman–Crippen MR) is 80.7 cm³/mol. The minimum absolute atomic E-state index is 0.781. The van der Waals surface area contributed by atoms with Gasteiger partial charge in [0.25, 0.3) is 0 Å². The van der Waals surface area contributed by atoms with Crippen LogP contribution in [0.1, 0.15) is 42.9 Å². The van der Waals surface area contributed by atoms with Crippen molar-refractivity contribution in [2.75, 3.05) is 6.54 Å². The van der Waals surface area contributed by atoms with Gasteiger partial charge in [-0.25, -0.2) is 0 Å². The van der Waals surface area contributed by atoms with E-state index in [0.717, 1.165) is 44.0 Å². The third kappa shape index (κ3) is 3.48. The molecule has 2 rings (SSSR count). The lowest BCUT2D eigenvalue weighted by atomic mass is 10.2. The maximum absolute atomic E-state index is 4.60. The van der Waals surface area contributed by atoms with E-state index in [4.69, 9.17) is 0 Å². The summed E-state index contributed by atoms with van der Waals surface area (Å²) in [5.74, 6) is 0. The molecule has 0 saturated heterocycles. The Kier molecular flexibility index (Phi) is 4.95. The summed E-state index contributed by atoms with van der Waals surface area (Å²) in [6.07, 6.45) is 3.29. The minimum Gasteiger partial charge on any atom is -0.313 e. The molecule has 0 atom stereocenters. The molecule has 0 aromatic carbocycles. The van der Waals surface area contributed by atoms with Crippen LogP contribution in [0.25, 0.3) is 0 Å². The van der Waals surface area contributed by atoms with E-state index in [1.807, 2.05) is 16.3 Å². The van der Waals surface area contributed by atoms with Crippen molar-refractivity contribution in [2.45, 2.75) is 53.8 Å². The van der Waals surface area contributed by atoms with Crippen LogP contribution in [0.3, 0.4) is 0 Å². The van der Waals surface area contributed by atoms with Gasteiger partial charge in [-0.3, -0.25) is 9.36 Å². The van der Waals surface area contributed by atoms with E-state index < -0.39 is 0 Å². The second-order valence-corrected chi connectivity index (χ2v) is 5.21. The zero-order valence-electron chi connectivity index (χ0n) is 13.0. The topological polar surface area (TPSA) is 47.7 Å². The number of hydrogen-bond acceptors (Lipinski definition) is 3. The summed E-state index contributed by atoms with van der Waals surface area (Å²) in [6, 6.07) is 2.13. The van der Waals surface area contributed by atoms with Crippen molar-refractivity contribution in [3.05, 3.63) is 34.9 Å². The molecule has 0 saturated carbocycles. The Hall–Kier alpha value is -1.62. The van der Waals surface area contributed by atoms with E-state index in [1.54, 1.807) is 0 Å². The molecule has 0 bridgehead atoms. The van der Waals surface area contributed by atoms with E-state index in [1.165, 1.54) is 11.3 Å². The summed E-state index contributed by atoms with van der Waals surface area (Å²) in [7, 11) is 0. The fourth-order valence-corrected chi connectivity index (χ4v) is 2.38. The molecule has 0 aliphatic heterocycles. The van der Waals surface area contributed by atoms with E-state index >= 15 is 0 Å². The van der Waals surface area contributed by atoms with Crippen molar-refractivity contribution in [3.8, 4) is 0 Å². The van der Waals surface area contributed by atoms with E-state index in [2.05, 4.69) is 48.5 Å². The van der Waals surface area contributed by atoms with Gasteiger partial charge in [-0.15, -0.1) is 0 Å². The zero-order valence-corrected chi connectivity index (χ0v) is 13.0. The smallest absolute Gasteiger partial charge is 0.0828 e. The first-order chi connectivity index (χ1) is 9.63. The number of rotatable bonds is 7. The molecule has 1 N–H and O–H groups in total. The Bertz CT molecular complexity index is 553. The van der Waals surface area contributed by atoms with Gasteiger partial charge in [-0.05, 0) is 39.8 Å². The highest BCUT2D eigenvalue weighted by molar-refractivity contribution is 5.16. The molecule has 2 aromatic heterocycles. The van der Waals surface area contributed by atoms with Crippen molar-refractivity contribution in [1.29, 1.82) is 0 Å². The molecular weight excluding hydrogens is 250 g/mol. The van der Waals surface area contributed by atoms with E-state index in [-0.39, 0.29) is 0 Å². The molecule has 0 fully saturated rings. The van der Waals surface area contributed by atoms with Crippen LogP contribution in [0, 0.1) is 13.8 Å². The number of aryl methyl sites for hydroxylation is 3. The highest BCUT2D eigenvalue weighted by Gasteiger charge is 2.08. The van der Waals surface area contributed by atoms with Crippen LogP contribution in [0.5, 0.6) is 0 Å². The Morgan fingerprint density at radius 2 is 2.00 bits per heavy atom. The molecule has 110 valence electrons. The quantitative estimate of drug-likeness (QED) is 0.789. The average molecular weight is 275 g/mol. The van der Waals surface area contributed by atoms with Crippen molar-refractivity contribution < 1.29 is 0 Å². The predicted octanol–water partition coefficient (Wildman–Crippen LogP) is 2.26. The number of nitrogens with zero attached hydrogens (tertiary/aromatic N) is 4. The van der Waals surface area contributed by atoms with Crippen LogP contribution in [0.2, 0.25) is 0 Å². The molecule has 0 spiro atoms. The molecule has 20 heavy (non-hydrogen) atoms. The maximum Gasteiger partial charge on any atom is 0.0828 e. The van der Waals surface area contributed by atoms with Gasteiger partial charge in [0.05, 0.1) is 23.6 Å². The van der Waals surface area contributed by atoms with Gasteiger partial charge in [0.15, 0.2) is 0 Å². The molecule has 2 heterocycles. The number of aromatic nitrogens is 4. The molecule has 5 heteroatoms. The summed E-state index contributed by atoms with van der Waals surface area (Å²) in [5.41, 5.74) is 4.65. The molecule has 5 nitrogen and oxygen atoms in total. The van der Waals surface area contributed by atoms with Crippen molar-refractivity contribution in [2.24, 2.45) is 0 Å².